The summed E-state index contributed by atoms with van der Waals surface area (Å²) in [6, 6.07) is 0.648. The predicted octanol–water partition coefficient (Wildman–Crippen LogP) is 0.151. The highest BCUT2D eigenvalue weighted by molar-refractivity contribution is 5.85. The molecule has 1 heterocycles. The van der Waals surface area contributed by atoms with Crippen LogP contribution in [0.25, 0.3) is 0 Å². The van der Waals surface area contributed by atoms with Crippen LogP contribution in [0.15, 0.2) is 0 Å². The molecule has 0 spiro atoms. The Bertz CT molecular complexity index is 107. The monoisotopic (exact) mass is 149 g/mol. The highest BCUT2D eigenvalue weighted by atomic mass is 35.5. The molecule has 0 aromatic heterocycles. The molecular formula is C6H12ClNO. The van der Waals surface area contributed by atoms with Crippen molar-refractivity contribution < 1.29 is 5.11 Å². The standard InChI is InChI=1S/C6H11NO.ClH/c8-6-2-5-1-4(6)3-7-5;/h4-8H,1-3H2;1H/t4-,5-,6-;/m1./s1. The summed E-state index contributed by atoms with van der Waals surface area (Å²) in [5.41, 5.74) is 0. The molecular weight excluding hydrogens is 138 g/mol. The minimum Gasteiger partial charge on any atom is -0.393 e. The second-order valence-electron chi connectivity index (χ2n) is 2.90. The van der Waals surface area contributed by atoms with Crippen LogP contribution < -0.4 is 5.32 Å². The maximum Gasteiger partial charge on any atom is 0.0595 e. The minimum atomic E-state index is 0. The van der Waals surface area contributed by atoms with Gasteiger partial charge in [0.2, 0.25) is 0 Å². The third-order valence-electron chi connectivity index (χ3n) is 2.33. The van der Waals surface area contributed by atoms with E-state index in [1.165, 1.54) is 6.42 Å². The molecule has 0 radical (unpaired) electrons. The van der Waals surface area contributed by atoms with Crippen molar-refractivity contribution in [1.29, 1.82) is 0 Å². The summed E-state index contributed by atoms with van der Waals surface area (Å²) in [5.74, 6) is 0.583. The van der Waals surface area contributed by atoms with Gasteiger partial charge in [-0.15, -0.1) is 12.4 Å². The number of piperidine rings is 1. The summed E-state index contributed by atoms with van der Waals surface area (Å²) in [4.78, 5) is 0. The number of aliphatic hydroxyl groups excluding tert-OH is 1. The lowest BCUT2D eigenvalue weighted by Gasteiger charge is -2.15. The van der Waals surface area contributed by atoms with Crippen LogP contribution in [0.5, 0.6) is 0 Å². The second-order valence-corrected chi connectivity index (χ2v) is 2.90. The Hall–Kier alpha value is 0.210. The molecule has 0 aromatic carbocycles. The first-order chi connectivity index (χ1) is 3.86. The zero-order valence-electron chi connectivity index (χ0n) is 5.21. The Morgan fingerprint density at radius 2 is 2.11 bits per heavy atom. The topological polar surface area (TPSA) is 32.3 Å². The van der Waals surface area contributed by atoms with Gasteiger partial charge in [0.1, 0.15) is 0 Å². The molecule has 54 valence electrons. The molecule has 9 heavy (non-hydrogen) atoms. The van der Waals surface area contributed by atoms with Gasteiger partial charge in [0.15, 0.2) is 0 Å². The summed E-state index contributed by atoms with van der Waals surface area (Å²) in [6.07, 6.45) is 2.22. The highest BCUT2D eigenvalue weighted by Crippen LogP contribution is 2.30. The third-order valence-corrected chi connectivity index (χ3v) is 2.33. The van der Waals surface area contributed by atoms with Gasteiger partial charge < -0.3 is 10.4 Å². The largest absolute Gasteiger partial charge is 0.393 e. The van der Waals surface area contributed by atoms with Gasteiger partial charge in [-0.25, -0.2) is 0 Å². The summed E-state index contributed by atoms with van der Waals surface area (Å²) < 4.78 is 0. The van der Waals surface area contributed by atoms with Crippen LogP contribution in [-0.2, 0) is 0 Å². The molecule has 2 N–H and O–H groups in total. The number of fused-ring (bicyclic) bond motifs is 2. The average molecular weight is 150 g/mol. The third kappa shape index (κ3) is 1.07. The van der Waals surface area contributed by atoms with Crippen molar-refractivity contribution in [3.8, 4) is 0 Å². The fraction of sp³-hybridized carbons (Fsp3) is 1.00. The highest BCUT2D eigenvalue weighted by Gasteiger charge is 2.37. The minimum absolute atomic E-state index is 0. The molecule has 1 saturated heterocycles. The Morgan fingerprint density at radius 3 is 2.33 bits per heavy atom. The van der Waals surface area contributed by atoms with Crippen LogP contribution in [0.3, 0.4) is 0 Å². The van der Waals surface area contributed by atoms with E-state index in [0.717, 1.165) is 13.0 Å². The SMILES string of the molecule is Cl.O[C@@H]1C[C@H]2C[C@@H]1CN2. The van der Waals surface area contributed by atoms with E-state index in [9.17, 15) is 5.11 Å². The van der Waals surface area contributed by atoms with E-state index in [-0.39, 0.29) is 18.5 Å². The first kappa shape index (κ1) is 7.32. The first-order valence-corrected chi connectivity index (χ1v) is 3.28. The molecule has 2 nitrogen and oxygen atoms in total. The molecule has 1 aliphatic heterocycles. The Labute approximate surface area is 61.0 Å². The zero-order chi connectivity index (χ0) is 5.56. The van der Waals surface area contributed by atoms with E-state index >= 15 is 0 Å². The maximum absolute atomic E-state index is 9.18. The molecule has 3 heteroatoms. The summed E-state index contributed by atoms with van der Waals surface area (Å²) in [6.45, 7) is 1.05. The number of aliphatic hydroxyl groups is 1. The van der Waals surface area contributed by atoms with E-state index < -0.39 is 0 Å². The smallest absolute Gasteiger partial charge is 0.0595 e. The fourth-order valence-corrected chi connectivity index (χ4v) is 1.81. The van der Waals surface area contributed by atoms with Crippen molar-refractivity contribution >= 4 is 12.4 Å². The fourth-order valence-electron chi connectivity index (χ4n) is 1.81. The second kappa shape index (κ2) is 2.45. The number of halogens is 1. The summed E-state index contributed by atoms with van der Waals surface area (Å²) in [5, 5.41) is 12.5. The lowest BCUT2D eigenvalue weighted by Crippen LogP contribution is -2.32. The maximum atomic E-state index is 9.18. The summed E-state index contributed by atoms with van der Waals surface area (Å²) in [7, 11) is 0. The van der Waals surface area contributed by atoms with Crippen molar-refractivity contribution in [3.05, 3.63) is 0 Å². The predicted molar refractivity (Wildman–Crippen MR) is 37.8 cm³/mol. The molecule has 1 aliphatic carbocycles. The molecule has 2 aliphatic rings. The number of hydrogen-bond donors (Lipinski definition) is 2. The molecule has 2 fully saturated rings. The van der Waals surface area contributed by atoms with E-state index in [1.807, 2.05) is 0 Å². The first-order valence-electron chi connectivity index (χ1n) is 3.28. The molecule has 0 amide bonds. The van der Waals surface area contributed by atoms with Crippen LogP contribution in [0, 0.1) is 5.92 Å². The average Bonchev–Trinajstić information content (AvgIpc) is 2.23. The van der Waals surface area contributed by atoms with Crippen LogP contribution in [0.2, 0.25) is 0 Å². The quantitative estimate of drug-likeness (QED) is 0.514. The molecule has 2 bridgehead atoms. The van der Waals surface area contributed by atoms with Gasteiger partial charge in [0.25, 0.3) is 0 Å². The van der Waals surface area contributed by atoms with Gasteiger partial charge >= 0.3 is 0 Å². The van der Waals surface area contributed by atoms with Crippen molar-refractivity contribution in [2.45, 2.75) is 25.0 Å². The van der Waals surface area contributed by atoms with Crippen molar-refractivity contribution in [3.63, 3.8) is 0 Å². The van der Waals surface area contributed by atoms with Gasteiger partial charge in [-0.05, 0) is 18.8 Å². The lowest BCUT2D eigenvalue weighted by atomic mass is 10.1. The van der Waals surface area contributed by atoms with Crippen LogP contribution >= 0.6 is 12.4 Å². The van der Waals surface area contributed by atoms with E-state index in [2.05, 4.69) is 5.32 Å². The van der Waals surface area contributed by atoms with Gasteiger partial charge in [-0.1, -0.05) is 0 Å². The Kier molecular flexibility index (Phi) is 1.99. The summed E-state index contributed by atoms with van der Waals surface area (Å²) >= 11 is 0. The molecule has 1 saturated carbocycles. The number of hydrogen-bond acceptors (Lipinski definition) is 2. The van der Waals surface area contributed by atoms with Gasteiger partial charge in [0.05, 0.1) is 6.10 Å². The van der Waals surface area contributed by atoms with E-state index in [4.69, 9.17) is 0 Å². The number of rotatable bonds is 0. The zero-order valence-corrected chi connectivity index (χ0v) is 6.03. The van der Waals surface area contributed by atoms with Gasteiger partial charge in [0, 0.05) is 12.6 Å². The molecule has 2 rings (SSSR count). The van der Waals surface area contributed by atoms with Crippen molar-refractivity contribution in [2.24, 2.45) is 5.92 Å². The molecule has 0 aromatic rings. The Morgan fingerprint density at radius 1 is 1.33 bits per heavy atom. The van der Waals surface area contributed by atoms with Crippen LogP contribution in [0.1, 0.15) is 12.8 Å². The normalized spacial score (nSPS) is 47.0. The van der Waals surface area contributed by atoms with Crippen molar-refractivity contribution in [1.82, 2.24) is 5.32 Å². The van der Waals surface area contributed by atoms with Gasteiger partial charge in [-0.2, -0.15) is 0 Å². The molecule has 0 unspecified atom stereocenters. The van der Waals surface area contributed by atoms with Crippen LogP contribution in [0.4, 0.5) is 0 Å². The number of nitrogens with one attached hydrogen (secondary N) is 1. The lowest BCUT2D eigenvalue weighted by molar-refractivity contribution is 0.121. The van der Waals surface area contributed by atoms with Crippen LogP contribution in [-0.4, -0.2) is 23.8 Å². The van der Waals surface area contributed by atoms with Gasteiger partial charge in [-0.3, -0.25) is 0 Å². The van der Waals surface area contributed by atoms with E-state index in [0.29, 0.717) is 12.0 Å². The van der Waals surface area contributed by atoms with E-state index in [1.54, 1.807) is 0 Å². The molecule has 3 atom stereocenters. The Balaban J connectivity index is 0.000000405. The van der Waals surface area contributed by atoms with Crippen molar-refractivity contribution in [2.75, 3.05) is 6.54 Å².